The Labute approximate surface area is 318 Å². The summed E-state index contributed by atoms with van der Waals surface area (Å²) in [4.78, 5) is 50.5. The van der Waals surface area contributed by atoms with Crippen molar-refractivity contribution < 1.29 is 19.5 Å². The zero-order chi connectivity index (χ0) is 38.1. The molecular formula is C45H49N5O4. The van der Waals surface area contributed by atoms with E-state index in [1.165, 1.54) is 5.56 Å². The number of phenols is 1. The first-order valence-electron chi connectivity index (χ1n) is 18.8. The first kappa shape index (κ1) is 36.7. The molecule has 0 fully saturated rings. The summed E-state index contributed by atoms with van der Waals surface area (Å²) in [5, 5.41) is 9.97. The molecule has 2 aliphatic rings. The van der Waals surface area contributed by atoms with E-state index in [-0.39, 0.29) is 29.5 Å². The highest BCUT2D eigenvalue weighted by Gasteiger charge is 2.32. The predicted octanol–water partition coefficient (Wildman–Crippen LogP) is 6.63. The summed E-state index contributed by atoms with van der Waals surface area (Å²) in [7, 11) is 5.89. The molecule has 3 heterocycles. The van der Waals surface area contributed by atoms with E-state index in [0.717, 1.165) is 45.6 Å². The van der Waals surface area contributed by atoms with Gasteiger partial charge in [-0.2, -0.15) is 0 Å². The number of aromatic hydroxyl groups is 1. The Morgan fingerprint density at radius 1 is 0.796 bits per heavy atom. The van der Waals surface area contributed by atoms with E-state index in [9.17, 15) is 19.5 Å². The average Bonchev–Trinajstić information content (AvgIpc) is 3.47. The molecule has 2 aliphatic heterocycles. The van der Waals surface area contributed by atoms with E-state index in [1.54, 1.807) is 29.2 Å². The van der Waals surface area contributed by atoms with E-state index in [0.29, 0.717) is 62.4 Å². The number of nitrogens with zero attached hydrogens (tertiary/aromatic N) is 5. The fraction of sp³-hybridized carbons (Fsp3) is 0.311. The maximum Gasteiger partial charge on any atom is 0.260 e. The second-order valence-electron chi connectivity index (χ2n) is 15.0. The van der Waals surface area contributed by atoms with Crippen molar-refractivity contribution in [2.45, 2.75) is 52.2 Å². The van der Waals surface area contributed by atoms with Gasteiger partial charge in [-0.3, -0.25) is 14.4 Å². The summed E-state index contributed by atoms with van der Waals surface area (Å²) in [5.74, 6) is -0.0111. The highest BCUT2D eigenvalue weighted by atomic mass is 16.3. The smallest absolute Gasteiger partial charge is 0.260 e. The molecular weight excluding hydrogens is 675 g/mol. The lowest BCUT2D eigenvalue weighted by atomic mass is 9.89. The largest absolute Gasteiger partial charge is 0.508 e. The summed E-state index contributed by atoms with van der Waals surface area (Å²) < 4.78 is 2.01. The summed E-state index contributed by atoms with van der Waals surface area (Å²) in [5.41, 5.74) is 9.64. The monoisotopic (exact) mass is 723 g/mol. The second-order valence-corrected chi connectivity index (χ2v) is 15.0. The van der Waals surface area contributed by atoms with Crippen LogP contribution in [0.1, 0.15) is 61.2 Å². The molecule has 54 heavy (non-hydrogen) atoms. The molecule has 0 bridgehead atoms. The van der Waals surface area contributed by atoms with Crippen molar-refractivity contribution in [3.63, 3.8) is 0 Å². The van der Waals surface area contributed by atoms with Crippen LogP contribution >= 0.6 is 0 Å². The van der Waals surface area contributed by atoms with Crippen molar-refractivity contribution in [2.75, 3.05) is 38.6 Å². The number of anilines is 1. The SMILES string of the molecule is Cc1c(C(=O)N(CCN(C)C)c2ccc(O)cc2)cc(-c2cc3c(cc2C(=O)N2Cc4ccccc4C[C@H]2C)CN(C(=O)Cc2ccccc2)CC3)n1C. The molecule has 0 radical (unpaired) electrons. The molecule has 0 spiro atoms. The van der Waals surface area contributed by atoms with Crippen LogP contribution in [0.3, 0.4) is 0 Å². The number of carbonyl (C=O) groups excluding carboxylic acids is 3. The zero-order valence-electron chi connectivity index (χ0n) is 31.9. The van der Waals surface area contributed by atoms with Gasteiger partial charge in [0.2, 0.25) is 5.91 Å². The highest BCUT2D eigenvalue weighted by molar-refractivity contribution is 6.08. The fourth-order valence-electron chi connectivity index (χ4n) is 7.80. The molecule has 9 heteroatoms. The van der Waals surface area contributed by atoms with Crippen molar-refractivity contribution >= 4 is 23.4 Å². The van der Waals surface area contributed by atoms with Crippen LogP contribution in [0.4, 0.5) is 5.69 Å². The van der Waals surface area contributed by atoms with Gasteiger partial charge in [-0.05, 0) is 111 Å². The summed E-state index contributed by atoms with van der Waals surface area (Å²) >= 11 is 0. The molecule has 9 nitrogen and oxygen atoms in total. The van der Waals surface area contributed by atoms with Crippen LogP contribution in [0.5, 0.6) is 5.75 Å². The maximum atomic E-state index is 14.9. The molecule has 4 aromatic carbocycles. The molecule has 1 aromatic heterocycles. The van der Waals surface area contributed by atoms with Gasteiger partial charge in [-0.1, -0.05) is 54.6 Å². The van der Waals surface area contributed by atoms with Crippen LogP contribution in [0.25, 0.3) is 11.3 Å². The van der Waals surface area contributed by atoms with Crippen molar-refractivity contribution in [1.82, 2.24) is 19.3 Å². The summed E-state index contributed by atoms with van der Waals surface area (Å²) in [6.45, 7) is 6.69. The molecule has 1 N–H and O–H groups in total. The van der Waals surface area contributed by atoms with E-state index >= 15 is 0 Å². The van der Waals surface area contributed by atoms with Crippen LogP contribution in [-0.4, -0.2) is 81.9 Å². The number of carbonyl (C=O) groups is 3. The van der Waals surface area contributed by atoms with Crippen molar-refractivity contribution in [2.24, 2.45) is 7.05 Å². The molecule has 278 valence electrons. The lowest BCUT2D eigenvalue weighted by Gasteiger charge is -2.36. The number of amides is 3. The highest BCUT2D eigenvalue weighted by Crippen LogP contribution is 2.36. The Hall–Kier alpha value is -5.67. The molecule has 5 aromatic rings. The standard InChI is InChI=1S/C45H49N5O4/c1-30-23-33-13-9-10-14-35(33)29-50(30)45(54)41-26-36-28-48(43(52)24-32-11-7-6-8-12-32)20-19-34(36)25-40(41)42-27-39(31(2)47(42)5)44(53)49(22-21-46(3)4)37-15-17-38(51)18-16-37/h6-18,25-27,30,51H,19-24,28-29H2,1-5H3/t30-/m1/s1. The van der Waals surface area contributed by atoms with Gasteiger partial charge in [-0.25, -0.2) is 0 Å². The van der Waals surface area contributed by atoms with Crippen molar-refractivity contribution in [3.8, 4) is 17.0 Å². The van der Waals surface area contributed by atoms with Gasteiger partial charge in [0.25, 0.3) is 11.8 Å². The third-order valence-corrected chi connectivity index (χ3v) is 11.1. The minimum Gasteiger partial charge on any atom is -0.508 e. The summed E-state index contributed by atoms with van der Waals surface area (Å²) in [6, 6.07) is 30.9. The molecule has 0 unspecified atom stereocenters. The van der Waals surface area contributed by atoms with Gasteiger partial charge in [-0.15, -0.1) is 0 Å². The Balaban J connectivity index is 1.28. The first-order valence-corrected chi connectivity index (χ1v) is 18.8. The fourth-order valence-corrected chi connectivity index (χ4v) is 7.80. The van der Waals surface area contributed by atoms with Crippen LogP contribution in [0.2, 0.25) is 0 Å². The first-order chi connectivity index (χ1) is 26.0. The minimum atomic E-state index is -0.151. The van der Waals surface area contributed by atoms with Crippen molar-refractivity contribution in [3.05, 3.63) is 142 Å². The lowest BCUT2D eigenvalue weighted by Crippen LogP contribution is -2.43. The normalized spacial score (nSPS) is 15.2. The number of likely N-dealkylation sites (N-methyl/N-ethyl adjacent to an activating group) is 1. The zero-order valence-corrected chi connectivity index (χ0v) is 31.9. The third-order valence-electron chi connectivity index (χ3n) is 11.1. The molecule has 3 amide bonds. The number of fused-ring (bicyclic) bond motifs is 2. The van der Waals surface area contributed by atoms with Crippen molar-refractivity contribution in [1.29, 1.82) is 0 Å². The second kappa shape index (κ2) is 15.4. The number of rotatable bonds is 9. The van der Waals surface area contributed by atoms with E-state index in [4.69, 9.17) is 0 Å². The average molecular weight is 724 g/mol. The Morgan fingerprint density at radius 3 is 2.22 bits per heavy atom. The van der Waals surface area contributed by atoms with Crippen LogP contribution in [-0.2, 0) is 44.2 Å². The van der Waals surface area contributed by atoms with E-state index in [1.807, 2.05) is 95.9 Å². The summed E-state index contributed by atoms with van der Waals surface area (Å²) in [6.07, 6.45) is 1.77. The van der Waals surface area contributed by atoms with E-state index < -0.39 is 0 Å². The Kier molecular flexibility index (Phi) is 10.4. The van der Waals surface area contributed by atoms with Crippen LogP contribution in [0.15, 0.2) is 97.1 Å². The predicted molar refractivity (Wildman–Crippen MR) is 213 cm³/mol. The van der Waals surface area contributed by atoms with Gasteiger partial charge >= 0.3 is 0 Å². The number of hydrogen-bond acceptors (Lipinski definition) is 5. The number of benzene rings is 4. The lowest BCUT2D eigenvalue weighted by molar-refractivity contribution is -0.131. The molecule has 7 rings (SSSR count). The molecule has 1 atom stereocenters. The maximum absolute atomic E-state index is 14.9. The van der Waals surface area contributed by atoms with Gasteiger partial charge in [0.15, 0.2) is 0 Å². The number of aromatic nitrogens is 1. The molecule has 0 saturated carbocycles. The molecule has 0 saturated heterocycles. The van der Waals surface area contributed by atoms with Crippen LogP contribution in [0, 0.1) is 6.92 Å². The Bertz CT molecular complexity index is 2190. The Morgan fingerprint density at radius 2 is 1.50 bits per heavy atom. The van der Waals surface area contributed by atoms with Gasteiger partial charge in [0, 0.05) is 74.0 Å². The number of phenolic OH excluding ortho intramolecular Hbond substituents is 1. The molecule has 0 aliphatic carbocycles. The van der Waals surface area contributed by atoms with Gasteiger partial charge < -0.3 is 29.3 Å². The quantitative estimate of drug-likeness (QED) is 0.185. The number of hydrogen-bond donors (Lipinski definition) is 1. The van der Waals surface area contributed by atoms with Gasteiger partial charge in [0.05, 0.1) is 12.0 Å². The third kappa shape index (κ3) is 7.41. The van der Waals surface area contributed by atoms with E-state index in [2.05, 4.69) is 31.2 Å². The van der Waals surface area contributed by atoms with Crippen LogP contribution < -0.4 is 4.90 Å². The topological polar surface area (TPSA) is 89.3 Å². The van der Waals surface area contributed by atoms with Gasteiger partial charge in [0.1, 0.15) is 5.75 Å². The minimum absolute atomic E-state index is 0.0110.